The van der Waals surface area contributed by atoms with Crippen LogP contribution in [0.4, 0.5) is 0 Å². The molecule has 1 N–H and O–H groups in total. The average molecular weight is 230 g/mol. The van der Waals surface area contributed by atoms with Crippen molar-refractivity contribution in [1.82, 2.24) is 0 Å². The van der Waals surface area contributed by atoms with E-state index in [0.717, 1.165) is 0 Å². The molecule has 0 unspecified atom stereocenters. The minimum atomic E-state index is -1.11. The number of carboxylic acids is 1. The number of hydrogen-bond donors (Lipinski definition) is 1. The molecule has 72 valence electrons. The van der Waals surface area contributed by atoms with Crippen LogP contribution in [-0.2, 0) is 5.88 Å². The van der Waals surface area contributed by atoms with Crippen molar-refractivity contribution in [3.63, 3.8) is 0 Å². The zero-order valence-corrected chi connectivity index (χ0v) is 8.43. The normalized spacial score (nSPS) is 9.50. The molecule has 5 heteroatoms. The van der Waals surface area contributed by atoms with Crippen molar-refractivity contribution in [1.29, 1.82) is 5.26 Å². The number of halogens is 2. The van der Waals surface area contributed by atoms with Crippen molar-refractivity contribution >= 4 is 29.2 Å². The van der Waals surface area contributed by atoms with E-state index in [9.17, 15) is 4.79 Å². The Balaban J connectivity index is 3.41. The molecule has 0 amide bonds. The fourth-order valence-corrected chi connectivity index (χ4v) is 1.48. The Bertz CT molecular complexity index is 424. The number of nitriles is 1. The zero-order valence-electron chi connectivity index (χ0n) is 6.92. The molecule has 0 saturated carbocycles. The zero-order chi connectivity index (χ0) is 10.7. The van der Waals surface area contributed by atoms with E-state index < -0.39 is 5.97 Å². The molecule has 0 spiro atoms. The van der Waals surface area contributed by atoms with Gasteiger partial charge in [-0.3, -0.25) is 0 Å². The SMILES string of the molecule is N#Cc1cc(C(=O)O)cc(CCl)c1Cl. The largest absolute Gasteiger partial charge is 0.478 e. The van der Waals surface area contributed by atoms with Crippen LogP contribution in [-0.4, -0.2) is 11.1 Å². The number of alkyl halides is 1. The fraction of sp³-hybridized carbons (Fsp3) is 0.111. The third-order valence-corrected chi connectivity index (χ3v) is 2.39. The van der Waals surface area contributed by atoms with Gasteiger partial charge in [0.15, 0.2) is 0 Å². The first-order chi connectivity index (χ1) is 6.60. The molecule has 0 aliphatic rings. The average Bonchev–Trinajstić information content (AvgIpc) is 2.17. The summed E-state index contributed by atoms with van der Waals surface area (Å²) in [6.07, 6.45) is 0. The molecule has 0 atom stereocenters. The molecule has 1 rings (SSSR count). The summed E-state index contributed by atoms with van der Waals surface area (Å²) in [6, 6.07) is 4.39. The topological polar surface area (TPSA) is 61.1 Å². The Labute approximate surface area is 90.5 Å². The van der Waals surface area contributed by atoms with E-state index in [2.05, 4.69) is 0 Å². The number of carboxylic acid groups (broad SMARTS) is 1. The van der Waals surface area contributed by atoms with E-state index in [0.29, 0.717) is 5.56 Å². The second kappa shape index (κ2) is 4.32. The van der Waals surface area contributed by atoms with Crippen LogP contribution in [0.3, 0.4) is 0 Å². The van der Waals surface area contributed by atoms with Gasteiger partial charge in [-0.2, -0.15) is 5.26 Å². The van der Waals surface area contributed by atoms with Gasteiger partial charge in [0.2, 0.25) is 0 Å². The highest BCUT2D eigenvalue weighted by molar-refractivity contribution is 6.33. The Kier molecular flexibility index (Phi) is 3.34. The van der Waals surface area contributed by atoms with Crippen LogP contribution in [0, 0.1) is 11.3 Å². The summed E-state index contributed by atoms with van der Waals surface area (Å²) in [7, 11) is 0. The lowest BCUT2D eigenvalue weighted by atomic mass is 10.1. The maximum absolute atomic E-state index is 10.7. The van der Waals surface area contributed by atoms with Crippen LogP contribution in [0.1, 0.15) is 21.5 Å². The molecule has 3 nitrogen and oxygen atoms in total. The lowest BCUT2D eigenvalue weighted by Crippen LogP contribution is -1.99. The van der Waals surface area contributed by atoms with Gasteiger partial charge in [0.25, 0.3) is 0 Å². The van der Waals surface area contributed by atoms with Crippen molar-refractivity contribution in [2.75, 3.05) is 0 Å². The third kappa shape index (κ3) is 1.98. The van der Waals surface area contributed by atoms with Crippen molar-refractivity contribution < 1.29 is 9.90 Å². The van der Waals surface area contributed by atoms with Gasteiger partial charge >= 0.3 is 5.97 Å². The highest BCUT2D eigenvalue weighted by Gasteiger charge is 2.11. The molecule has 0 heterocycles. The summed E-state index contributed by atoms with van der Waals surface area (Å²) < 4.78 is 0. The van der Waals surface area contributed by atoms with Gasteiger partial charge in [-0.1, -0.05) is 11.6 Å². The lowest BCUT2D eigenvalue weighted by Gasteiger charge is -2.03. The smallest absolute Gasteiger partial charge is 0.335 e. The van der Waals surface area contributed by atoms with E-state index in [-0.39, 0.29) is 22.0 Å². The number of benzene rings is 1. The van der Waals surface area contributed by atoms with Gasteiger partial charge in [-0.25, -0.2) is 4.79 Å². The van der Waals surface area contributed by atoms with Crippen molar-refractivity contribution in [3.8, 4) is 6.07 Å². The maximum Gasteiger partial charge on any atom is 0.335 e. The molecular formula is C9H5Cl2NO2. The monoisotopic (exact) mass is 229 g/mol. The summed E-state index contributed by atoms with van der Waals surface area (Å²) in [5, 5.41) is 17.6. The predicted molar refractivity (Wildman–Crippen MR) is 52.7 cm³/mol. The highest BCUT2D eigenvalue weighted by Crippen LogP contribution is 2.24. The summed E-state index contributed by atoms with van der Waals surface area (Å²) in [6.45, 7) is 0. The molecule has 0 radical (unpaired) electrons. The minimum Gasteiger partial charge on any atom is -0.478 e. The van der Waals surface area contributed by atoms with E-state index in [1.165, 1.54) is 12.1 Å². The Morgan fingerprint density at radius 3 is 2.64 bits per heavy atom. The maximum atomic E-state index is 10.7. The molecule has 0 bridgehead atoms. The number of rotatable bonds is 2. The number of carbonyl (C=O) groups is 1. The van der Waals surface area contributed by atoms with Gasteiger partial charge < -0.3 is 5.11 Å². The van der Waals surface area contributed by atoms with E-state index in [4.69, 9.17) is 33.6 Å². The van der Waals surface area contributed by atoms with E-state index >= 15 is 0 Å². The second-order valence-corrected chi connectivity index (χ2v) is 3.19. The first-order valence-corrected chi connectivity index (χ1v) is 4.53. The standard InChI is InChI=1S/C9H5Cl2NO2/c10-3-6-1-5(9(13)14)2-7(4-12)8(6)11/h1-2H,3H2,(H,13,14). The minimum absolute atomic E-state index is 0.0154. The molecule has 0 aliphatic carbocycles. The first kappa shape index (κ1) is 10.8. The van der Waals surface area contributed by atoms with Gasteiger partial charge in [-0.05, 0) is 17.7 Å². The number of aromatic carboxylic acids is 1. The fourth-order valence-electron chi connectivity index (χ4n) is 0.987. The third-order valence-electron chi connectivity index (χ3n) is 1.66. The van der Waals surface area contributed by atoms with Crippen LogP contribution >= 0.6 is 23.2 Å². The number of nitrogens with zero attached hydrogens (tertiary/aromatic N) is 1. The van der Waals surface area contributed by atoms with Crippen molar-refractivity contribution in [2.45, 2.75) is 5.88 Å². The quantitative estimate of drug-likeness (QED) is 0.794. The lowest BCUT2D eigenvalue weighted by molar-refractivity contribution is 0.0696. The second-order valence-electron chi connectivity index (χ2n) is 2.55. The van der Waals surface area contributed by atoms with Crippen LogP contribution < -0.4 is 0 Å². The molecule has 0 fully saturated rings. The predicted octanol–water partition coefficient (Wildman–Crippen LogP) is 2.65. The van der Waals surface area contributed by atoms with E-state index in [1.54, 1.807) is 0 Å². The molecule has 1 aromatic rings. The highest BCUT2D eigenvalue weighted by atomic mass is 35.5. The van der Waals surface area contributed by atoms with Crippen molar-refractivity contribution in [2.24, 2.45) is 0 Å². The molecule has 0 aliphatic heterocycles. The molecule has 14 heavy (non-hydrogen) atoms. The number of hydrogen-bond acceptors (Lipinski definition) is 2. The molecule has 0 aromatic heterocycles. The first-order valence-electron chi connectivity index (χ1n) is 3.62. The Morgan fingerprint density at radius 1 is 1.57 bits per heavy atom. The molecule has 1 aromatic carbocycles. The van der Waals surface area contributed by atoms with Crippen LogP contribution in [0.15, 0.2) is 12.1 Å². The van der Waals surface area contributed by atoms with Gasteiger partial charge in [0.05, 0.1) is 16.1 Å². The Hall–Kier alpha value is -1.24. The van der Waals surface area contributed by atoms with Gasteiger partial charge in [-0.15, -0.1) is 11.6 Å². The Morgan fingerprint density at radius 2 is 2.21 bits per heavy atom. The molecular weight excluding hydrogens is 225 g/mol. The van der Waals surface area contributed by atoms with Crippen LogP contribution in [0.25, 0.3) is 0 Å². The van der Waals surface area contributed by atoms with E-state index in [1.807, 2.05) is 6.07 Å². The summed E-state index contributed by atoms with van der Waals surface area (Å²) in [5.74, 6) is -1.03. The van der Waals surface area contributed by atoms with Gasteiger partial charge in [0.1, 0.15) is 6.07 Å². The van der Waals surface area contributed by atoms with Crippen molar-refractivity contribution in [3.05, 3.63) is 33.8 Å². The molecule has 0 saturated heterocycles. The summed E-state index contributed by atoms with van der Waals surface area (Å²) in [4.78, 5) is 10.7. The van der Waals surface area contributed by atoms with Gasteiger partial charge in [0, 0.05) is 5.88 Å². The summed E-state index contributed by atoms with van der Waals surface area (Å²) in [5.41, 5.74) is 0.591. The van der Waals surface area contributed by atoms with Crippen LogP contribution in [0.2, 0.25) is 5.02 Å². The van der Waals surface area contributed by atoms with Crippen LogP contribution in [0.5, 0.6) is 0 Å². The summed E-state index contributed by atoms with van der Waals surface area (Å²) >= 11 is 11.3.